The molecule has 1 aromatic rings. The van der Waals surface area contributed by atoms with Gasteiger partial charge < -0.3 is 5.73 Å². The lowest BCUT2D eigenvalue weighted by molar-refractivity contribution is -0.121. The summed E-state index contributed by atoms with van der Waals surface area (Å²) in [6.07, 6.45) is 4.44. The molecule has 0 unspecified atom stereocenters. The highest BCUT2D eigenvalue weighted by atomic mass is 79.9. The van der Waals surface area contributed by atoms with Gasteiger partial charge in [0, 0.05) is 30.0 Å². The number of hydrogen-bond donors (Lipinski definition) is 1. The SMILES string of the molecule is NC(=O)[C@@H]1CCN(Cc2ccncc2Br)C1. The van der Waals surface area contributed by atoms with Crippen LogP contribution >= 0.6 is 15.9 Å². The van der Waals surface area contributed by atoms with Gasteiger partial charge in [0.1, 0.15) is 0 Å². The second-order valence-corrected chi connectivity index (χ2v) is 4.94. The normalized spacial score (nSPS) is 21.2. The van der Waals surface area contributed by atoms with Crippen molar-refractivity contribution >= 4 is 21.8 Å². The molecule has 86 valence electrons. The maximum Gasteiger partial charge on any atom is 0.221 e. The monoisotopic (exact) mass is 283 g/mol. The average Bonchev–Trinajstić information content (AvgIpc) is 2.70. The summed E-state index contributed by atoms with van der Waals surface area (Å²) in [4.78, 5) is 17.3. The van der Waals surface area contributed by atoms with Crippen molar-refractivity contribution in [1.82, 2.24) is 9.88 Å². The van der Waals surface area contributed by atoms with E-state index < -0.39 is 0 Å². The molecule has 1 aromatic heterocycles. The van der Waals surface area contributed by atoms with Gasteiger partial charge in [-0.2, -0.15) is 0 Å². The number of primary amides is 1. The fourth-order valence-corrected chi connectivity index (χ4v) is 2.36. The van der Waals surface area contributed by atoms with Crippen LogP contribution in [-0.4, -0.2) is 28.9 Å². The highest BCUT2D eigenvalue weighted by Gasteiger charge is 2.26. The van der Waals surface area contributed by atoms with Crippen LogP contribution in [0.15, 0.2) is 22.9 Å². The third kappa shape index (κ3) is 2.59. The third-order valence-corrected chi connectivity index (χ3v) is 3.64. The van der Waals surface area contributed by atoms with Gasteiger partial charge in [-0.25, -0.2) is 0 Å². The van der Waals surface area contributed by atoms with E-state index in [0.717, 1.165) is 30.5 Å². The van der Waals surface area contributed by atoms with Crippen LogP contribution in [-0.2, 0) is 11.3 Å². The van der Waals surface area contributed by atoms with Crippen LogP contribution in [0.2, 0.25) is 0 Å². The summed E-state index contributed by atoms with van der Waals surface area (Å²) >= 11 is 3.47. The van der Waals surface area contributed by atoms with Crippen LogP contribution < -0.4 is 5.73 Å². The molecular formula is C11H14BrN3O. The summed E-state index contributed by atoms with van der Waals surface area (Å²) in [5, 5.41) is 0. The zero-order valence-electron chi connectivity index (χ0n) is 8.90. The maximum atomic E-state index is 11.0. The number of likely N-dealkylation sites (tertiary alicyclic amines) is 1. The van der Waals surface area contributed by atoms with E-state index in [-0.39, 0.29) is 11.8 Å². The van der Waals surface area contributed by atoms with Gasteiger partial charge in [0.2, 0.25) is 5.91 Å². The first-order valence-electron chi connectivity index (χ1n) is 5.27. The van der Waals surface area contributed by atoms with E-state index in [1.165, 1.54) is 5.56 Å². The van der Waals surface area contributed by atoms with Crippen molar-refractivity contribution in [3.63, 3.8) is 0 Å². The molecule has 1 saturated heterocycles. The van der Waals surface area contributed by atoms with E-state index >= 15 is 0 Å². The van der Waals surface area contributed by atoms with E-state index in [4.69, 9.17) is 5.73 Å². The second kappa shape index (κ2) is 4.93. The zero-order valence-corrected chi connectivity index (χ0v) is 10.5. The Morgan fingerprint density at radius 3 is 3.12 bits per heavy atom. The molecule has 2 heterocycles. The predicted octanol–water partition coefficient (Wildman–Crippen LogP) is 1.15. The molecule has 0 bridgehead atoms. The number of rotatable bonds is 3. The van der Waals surface area contributed by atoms with Crippen molar-refractivity contribution in [1.29, 1.82) is 0 Å². The van der Waals surface area contributed by atoms with Crippen molar-refractivity contribution in [3.8, 4) is 0 Å². The molecule has 0 saturated carbocycles. The van der Waals surface area contributed by atoms with Crippen molar-refractivity contribution in [3.05, 3.63) is 28.5 Å². The lowest BCUT2D eigenvalue weighted by Gasteiger charge is -2.15. The van der Waals surface area contributed by atoms with E-state index in [1.54, 1.807) is 12.4 Å². The molecule has 1 fully saturated rings. The van der Waals surface area contributed by atoms with Crippen LogP contribution in [0.3, 0.4) is 0 Å². The largest absolute Gasteiger partial charge is 0.369 e. The fourth-order valence-electron chi connectivity index (χ4n) is 1.98. The molecular weight excluding hydrogens is 270 g/mol. The molecule has 0 aromatic carbocycles. The van der Waals surface area contributed by atoms with Gasteiger partial charge in [0.25, 0.3) is 0 Å². The van der Waals surface area contributed by atoms with Crippen LogP contribution in [0.25, 0.3) is 0 Å². The van der Waals surface area contributed by atoms with Gasteiger partial charge in [0.15, 0.2) is 0 Å². The smallest absolute Gasteiger partial charge is 0.221 e. The van der Waals surface area contributed by atoms with Crippen molar-refractivity contribution in [2.45, 2.75) is 13.0 Å². The Hall–Kier alpha value is -0.940. The van der Waals surface area contributed by atoms with E-state index in [1.807, 2.05) is 6.07 Å². The number of nitrogens with zero attached hydrogens (tertiary/aromatic N) is 2. The van der Waals surface area contributed by atoms with Gasteiger partial charge in [-0.15, -0.1) is 0 Å². The maximum absolute atomic E-state index is 11.0. The standard InChI is InChI=1S/C11H14BrN3O/c12-10-5-14-3-1-8(10)6-15-4-2-9(7-15)11(13)16/h1,3,5,9H,2,4,6-7H2,(H2,13,16)/t9-/m1/s1. The molecule has 2 rings (SSSR count). The number of hydrogen-bond acceptors (Lipinski definition) is 3. The van der Waals surface area contributed by atoms with Gasteiger partial charge in [0.05, 0.1) is 5.92 Å². The first-order chi connectivity index (χ1) is 7.66. The summed E-state index contributed by atoms with van der Waals surface area (Å²) in [6, 6.07) is 1.99. The van der Waals surface area contributed by atoms with Crippen molar-refractivity contribution in [2.75, 3.05) is 13.1 Å². The molecule has 1 aliphatic rings. The van der Waals surface area contributed by atoms with Gasteiger partial charge in [-0.05, 0) is 40.5 Å². The third-order valence-electron chi connectivity index (χ3n) is 2.93. The number of nitrogens with two attached hydrogens (primary N) is 1. The number of carbonyl (C=O) groups excluding carboxylic acids is 1. The fraction of sp³-hybridized carbons (Fsp3) is 0.455. The number of carbonyl (C=O) groups is 1. The Kier molecular flexibility index (Phi) is 3.56. The molecule has 4 nitrogen and oxygen atoms in total. The lowest BCUT2D eigenvalue weighted by atomic mass is 10.1. The van der Waals surface area contributed by atoms with Gasteiger partial charge in [-0.3, -0.25) is 14.7 Å². The first-order valence-corrected chi connectivity index (χ1v) is 6.06. The second-order valence-electron chi connectivity index (χ2n) is 4.09. The van der Waals surface area contributed by atoms with Crippen LogP contribution in [0, 0.1) is 5.92 Å². The number of amides is 1. The number of pyridine rings is 1. The Balaban J connectivity index is 1.97. The summed E-state index contributed by atoms with van der Waals surface area (Å²) in [5.74, 6) is -0.170. The minimum atomic E-state index is -0.184. The predicted molar refractivity (Wildman–Crippen MR) is 64.5 cm³/mol. The topological polar surface area (TPSA) is 59.2 Å². The Morgan fingerprint density at radius 2 is 2.50 bits per heavy atom. The minimum absolute atomic E-state index is 0.0145. The van der Waals surface area contributed by atoms with Gasteiger partial charge >= 0.3 is 0 Å². The molecule has 16 heavy (non-hydrogen) atoms. The van der Waals surface area contributed by atoms with E-state index in [9.17, 15) is 4.79 Å². The highest BCUT2D eigenvalue weighted by Crippen LogP contribution is 2.21. The molecule has 0 aliphatic carbocycles. The lowest BCUT2D eigenvalue weighted by Crippen LogP contribution is -2.27. The summed E-state index contributed by atoms with van der Waals surface area (Å²) in [6.45, 7) is 2.54. The van der Waals surface area contributed by atoms with Crippen molar-refractivity contribution in [2.24, 2.45) is 11.7 Å². The Labute approximate surface area is 103 Å². The van der Waals surface area contributed by atoms with Crippen LogP contribution in [0.5, 0.6) is 0 Å². The molecule has 1 aliphatic heterocycles. The molecule has 5 heteroatoms. The highest BCUT2D eigenvalue weighted by molar-refractivity contribution is 9.10. The van der Waals surface area contributed by atoms with Gasteiger partial charge in [-0.1, -0.05) is 0 Å². The number of aromatic nitrogens is 1. The summed E-state index contributed by atoms with van der Waals surface area (Å²) in [7, 11) is 0. The quantitative estimate of drug-likeness (QED) is 0.905. The summed E-state index contributed by atoms with van der Waals surface area (Å²) < 4.78 is 1.01. The summed E-state index contributed by atoms with van der Waals surface area (Å²) in [5.41, 5.74) is 6.49. The van der Waals surface area contributed by atoms with Crippen LogP contribution in [0.4, 0.5) is 0 Å². The number of halogens is 1. The molecule has 0 radical (unpaired) electrons. The average molecular weight is 284 g/mol. The zero-order chi connectivity index (χ0) is 11.5. The Morgan fingerprint density at radius 1 is 1.69 bits per heavy atom. The first kappa shape index (κ1) is 11.5. The molecule has 0 spiro atoms. The van der Waals surface area contributed by atoms with E-state index in [0.29, 0.717) is 0 Å². The molecule has 1 amide bonds. The Bertz CT molecular complexity index is 397. The molecule has 2 N–H and O–H groups in total. The van der Waals surface area contributed by atoms with Crippen LogP contribution in [0.1, 0.15) is 12.0 Å². The molecule has 1 atom stereocenters. The minimum Gasteiger partial charge on any atom is -0.369 e. The van der Waals surface area contributed by atoms with Crippen molar-refractivity contribution < 1.29 is 4.79 Å². The van der Waals surface area contributed by atoms with E-state index in [2.05, 4.69) is 25.8 Å².